The van der Waals surface area contributed by atoms with Crippen molar-refractivity contribution in [3.05, 3.63) is 180 Å². The van der Waals surface area contributed by atoms with Crippen LogP contribution in [0.1, 0.15) is 75.2 Å². The van der Waals surface area contributed by atoms with Crippen LogP contribution in [0.3, 0.4) is 0 Å². The Balaban J connectivity index is 0.000000246. The second-order valence-electron chi connectivity index (χ2n) is 16.5. The van der Waals surface area contributed by atoms with Crippen molar-refractivity contribution in [3.63, 3.8) is 0 Å². The number of aromatic nitrogens is 4. The van der Waals surface area contributed by atoms with Crippen LogP contribution >= 0.6 is 0 Å². The van der Waals surface area contributed by atoms with Crippen molar-refractivity contribution >= 4 is 21.8 Å². The van der Waals surface area contributed by atoms with Gasteiger partial charge in [-0.1, -0.05) is 112 Å². The molecular weight excluding hydrogens is 1130 g/mol. The molecule has 0 saturated carbocycles. The first-order valence-corrected chi connectivity index (χ1v) is 19.8. The number of para-hydroxylation sites is 2. The van der Waals surface area contributed by atoms with Gasteiger partial charge in [-0.15, -0.1) is 0 Å². The third kappa shape index (κ3) is 11.0. The van der Waals surface area contributed by atoms with Gasteiger partial charge in [0.25, 0.3) is 0 Å². The Morgan fingerprint density at radius 2 is 0.887 bits per heavy atom. The van der Waals surface area contributed by atoms with Crippen molar-refractivity contribution in [1.82, 2.24) is 19.1 Å². The van der Waals surface area contributed by atoms with Crippen LogP contribution in [0.15, 0.2) is 109 Å². The average molecular weight is 1180 g/mol. The number of nitrogens with zero attached hydrogens (tertiary/aromatic N) is 4. The molecule has 8 heteroatoms. The molecule has 0 unspecified atom stereocenters. The molecule has 6 nitrogen and oxygen atoms in total. The van der Waals surface area contributed by atoms with Crippen LogP contribution < -0.4 is 9.47 Å². The van der Waals surface area contributed by atoms with Gasteiger partial charge in [0.2, 0.25) is 11.8 Å². The SMILES string of the molecule is CC(C)(C)c1c[c-]c(-c2[c-]cc(C(C)(C)C)c(Oc3ccccn3)[c-]2)[c-]c1Oc1ccccn1.[C-]#Cn1c(C)c(C)c2ccccc21.[C-]#Cn1c(C)c(C)c2ccccc21.[Pt].[Pt]. The normalized spacial score (nSPS) is 10.8. The number of benzene rings is 4. The summed E-state index contributed by atoms with van der Waals surface area (Å²) in [5.41, 5.74) is 9.80. The molecule has 0 aliphatic heterocycles. The van der Waals surface area contributed by atoms with Gasteiger partial charge in [0.1, 0.15) is 0 Å². The molecule has 0 bridgehead atoms. The van der Waals surface area contributed by atoms with E-state index in [0.717, 1.165) is 33.5 Å². The molecule has 4 heterocycles. The van der Waals surface area contributed by atoms with Gasteiger partial charge in [0.15, 0.2) is 0 Å². The van der Waals surface area contributed by atoms with E-state index in [2.05, 4.69) is 114 Å². The molecule has 0 N–H and O–H groups in total. The maximum atomic E-state index is 7.19. The van der Waals surface area contributed by atoms with Gasteiger partial charge >= 0.3 is 0 Å². The van der Waals surface area contributed by atoms with Crippen LogP contribution in [-0.4, -0.2) is 19.1 Å². The maximum absolute atomic E-state index is 7.19. The van der Waals surface area contributed by atoms with Gasteiger partial charge in [0, 0.05) is 88.8 Å². The first-order valence-electron chi connectivity index (χ1n) is 19.8. The quantitative estimate of drug-likeness (QED) is 0.127. The summed E-state index contributed by atoms with van der Waals surface area (Å²) in [6.07, 6.45) is 17.8. The first kappa shape index (κ1) is 49.0. The van der Waals surface area contributed by atoms with Crippen LogP contribution in [0.25, 0.3) is 32.9 Å². The smallest absolute Gasteiger partial charge is 0.215 e. The van der Waals surface area contributed by atoms with Crippen LogP contribution in [0.2, 0.25) is 0 Å². The third-order valence-electron chi connectivity index (χ3n) is 10.3. The second kappa shape index (κ2) is 21.0. The molecule has 4 aromatic heterocycles. The van der Waals surface area contributed by atoms with Crippen molar-refractivity contribution in [3.8, 4) is 46.5 Å². The van der Waals surface area contributed by atoms with Gasteiger partial charge in [0.05, 0.1) is 11.0 Å². The summed E-state index contributed by atoms with van der Waals surface area (Å²) in [6, 6.07) is 49.5. The molecule has 62 heavy (non-hydrogen) atoms. The minimum Gasteiger partial charge on any atom is -0.669 e. The van der Waals surface area contributed by atoms with E-state index in [-0.39, 0.29) is 53.0 Å². The first-order chi connectivity index (χ1) is 28.6. The number of pyridine rings is 2. The van der Waals surface area contributed by atoms with Crippen LogP contribution in [0.5, 0.6) is 23.3 Å². The minimum absolute atomic E-state index is 0. The van der Waals surface area contributed by atoms with Crippen LogP contribution in [0.4, 0.5) is 0 Å². The van der Waals surface area contributed by atoms with Crippen LogP contribution in [-0.2, 0) is 53.0 Å². The Labute approximate surface area is 396 Å². The van der Waals surface area contributed by atoms with E-state index in [1.807, 2.05) is 98.8 Å². The van der Waals surface area contributed by atoms with Crippen LogP contribution in [0, 0.1) is 76.9 Å². The summed E-state index contributed by atoms with van der Waals surface area (Å²) in [7, 11) is 0. The third-order valence-corrected chi connectivity index (χ3v) is 10.3. The molecule has 0 radical (unpaired) electrons. The number of hydrogen-bond acceptors (Lipinski definition) is 4. The molecule has 0 fully saturated rings. The molecule has 0 aliphatic carbocycles. The Bertz CT molecular complexity index is 2650. The molecule has 0 saturated heterocycles. The van der Waals surface area contributed by atoms with Gasteiger partial charge < -0.3 is 66.8 Å². The summed E-state index contributed by atoms with van der Waals surface area (Å²) < 4.78 is 15.9. The van der Waals surface area contributed by atoms with E-state index in [0.29, 0.717) is 34.4 Å². The molecule has 8 aromatic rings. The maximum Gasteiger partial charge on any atom is 0.215 e. The van der Waals surface area contributed by atoms with Gasteiger partial charge in [-0.05, 0) is 63.1 Å². The van der Waals surface area contributed by atoms with E-state index in [1.54, 1.807) is 21.5 Å². The second-order valence-corrected chi connectivity index (χ2v) is 16.5. The zero-order valence-corrected chi connectivity index (χ0v) is 41.2. The standard InChI is InChI=1S/C30H28N2O2.2C12H10N.2Pt/c1-29(2,3)23-15-13-21(19-25(23)33-27-11-7-9-17-31-27)22-14-16-24(30(4,5)6)26(20-22)34-28-12-8-10-18-32-28;2*1-4-13-10(3)9(2)11-7-5-6-8-12(11)13;;/h7-12,15-18H,1-6H3;2*5-8H,2-3H3;;/q-4;2*-1;;. The molecule has 322 valence electrons. The summed E-state index contributed by atoms with van der Waals surface area (Å²) in [5, 5.41) is 2.42. The number of aryl methyl sites for hydroxylation is 2. The molecular formula is C54H48N4O2Pt2-6. The van der Waals surface area contributed by atoms with Crippen molar-refractivity contribution in [2.45, 2.75) is 80.1 Å². The molecule has 0 aliphatic rings. The predicted octanol–water partition coefficient (Wildman–Crippen LogP) is 12.8. The average Bonchev–Trinajstić information content (AvgIpc) is 3.64. The largest absolute Gasteiger partial charge is 0.669 e. The fourth-order valence-corrected chi connectivity index (χ4v) is 6.77. The van der Waals surface area contributed by atoms with Gasteiger partial charge in [-0.2, -0.15) is 11.1 Å². The Morgan fingerprint density at radius 3 is 1.21 bits per heavy atom. The fourth-order valence-electron chi connectivity index (χ4n) is 6.77. The number of rotatable bonds is 5. The van der Waals surface area contributed by atoms with Crippen molar-refractivity contribution in [2.24, 2.45) is 0 Å². The number of hydrogen-bond donors (Lipinski definition) is 0. The zero-order chi connectivity index (χ0) is 43.2. The Morgan fingerprint density at radius 1 is 0.532 bits per heavy atom. The topological polar surface area (TPSA) is 54.1 Å². The monoisotopic (exact) mass is 1170 g/mol. The van der Waals surface area contributed by atoms with Crippen molar-refractivity contribution < 1.29 is 51.6 Å². The van der Waals surface area contributed by atoms with Gasteiger partial charge in [-0.25, -0.2) is 34.2 Å². The van der Waals surface area contributed by atoms with Crippen molar-refractivity contribution in [1.29, 1.82) is 0 Å². The van der Waals surface area contributed by atoms with E-state index in [9.17, 15) is 0 Å². The molecule has 0 spiro atoms. The van der Waals surface area contributed by atoms with E-state index in [1.165, 1.54) is 21.9 Å². The number of ether oxygens (including phenoxy) is 2. The summed E-state index contributed by atoms with van der Waals surface area (Å²) >= 11 is 0. The summed E-state index contributed by atoms with van der Waals surface area (Å²) in [5.74, 6) is 2.23. The zero-order valence-electron chi connectivity index (χ0n) is 36.6. The predicted molar refractivity (Wildman–Crippen MR) is 241 cm³/mol. The summed E-state index contributed by atoms with van der Waals surface area (Å²) in [6.45, 7) is 20.9. The van der Waals surface area contributed by atoms with E-state index in [4.69, 9.17) is 22.3 Å². The van der Waals surface area contributed by atoms with Crippen molar-refractivity contribution in [2.75, 3.05) is 0 Å². The van der Waals surface area contributed by atoms with Gasteiger partial charge in [-0.3, -0.25) is 0 Å². The molecule has 0 amide bonds. The van der Waals surface area contributed by atoms with E-state index >= 15 is 0 Å². The minimum atomic E-state index is -0.160. The Hall–Kier alpha value is -5.64. The molecule has 8 rings (SSSR count). The molecule has 0 atom stereocenters. The Kier molecular flexibility index (Phi) is 16.6. The molecule has 4 aromatic carbocycles. The number of fused-ring (bicyclic) bond motifs is 2. The fraction of sp³-hybridized carbons (Fsp3) is 0.222. The van der Waals surface area contributed by atoms with E-state index < -0.39 is 0 Å². The summed E-state index contributed by atoms with van der Waals surface area (Å²) in [4.78, 5) is 8.61.